The molecule has 5 aromatic rings. The first-order chi connectivity index (χ1) is 16.6. The first-order valence-electron chi connectivity index (χ1n) is 11.1. The van der Waals surface area contributed by atoms with Gasteiger partial charge in [-0.05, 0) is 37.3 Å². The van der Waals surface area contributed by atoms with Gasteiger partial charge in [-0.1, -0.05) is 18.2 Å². The third-order valence-electron chi connectivity index (χ3n) is 5.88. The van der Waals surface area contributed by atoms with Crippen LogP contribution in [0.4, 0.5) is 10.2 Å². The number of ether oxygens (including phenoxy) is 1. The molecule has 0 spiro atoms. The van der Waals surface area contributed by atoms with Gasteiger partial charge < -0.3 is 14.6 Å². The molecule has 172 valence electrons. The van der Waals surface area contributed by atoms with Crippen molar-refractivity contribution in [1.29, 1.82) is 0 Å². The summed E-state index contributed by atoms with van der Waals surface area (Å²) in [6.45, 7) is 3.91. The predicted molar refractivity (Wildman–Crippen MR) is 130 cm³/mol. The van der Waals surface area contributed by atoms with Gasteiger partial charge in [0.05, 0.1) is 24.9 Å². The van der Waals surface area contributed by atoms with E-state index in [9.17, 15) is 4.39 Å². The number of hydrogen-bond acceptors (Lipinski definition) is 5. The van der Waals surface area contributed by atoms with E-state index >= 15 is 0 Å². The van der Waals surface area contributed by atoms with Crippen LogP contribution in [0.5, 0.6) is 5.75 Å². The summed E-state index contributed by atoms with van der Waals surface area (Å²) in [6, 6.07) is 17.0. The summed E-state index contributed by atoms with van der Waals surface area (Å²) in [5.74, 6) is 1.28. The minimum atomic E-state index is -0.286. The van der Waals surface area contributed by atoms with E-state index in [4.69, 9.17) is 4.74 Å². The summed E-state index contributed by atoms with van der Waals surface area (Å²) in [7, 11) is 1.69. The Labute approximate surface area is 196 Å². The summed E-state index contributed by atoms with van der Waals surface area (Å²) in [6.07, 6.45) is 4.98. The number of fused-ring (bicyclic) bond motifs is 1. The summed E-state index contributed by atoms with van der Waals surface area (Å²) in [4.78, 5) is 8.66. The molecule has 0 amide bonds. The minimum Gasteiger partial charge on any atom is -0.496 e. The molecule has 0 bridgehead atoms. The molecular formula is C26H25FN6O. The Morgan fingerprint density at radius 2 is 1.97 bits per heavy atom. The number of hydrogen-bond donors (Lipinski definition) is 1. The highest BCUT2D eigenvalue weighted by atomic mass is 19.1. The van der Waals surface area contributed by atoms with Gasteiger partial charge in [0.15, 0.2) is 0 Å². The lowest BCUT2D eigenvalue weighted by atomic mass is 10.1. The number of nitrogens with zero attached hydrogens (tertiary/aromatic N) is 5. The van der Waals surface area contributed by atoms with Crippen LogP contribution < -0.4 is 10.1 Å². The molecule has 8 heteroatoms. The molecule has 0 radical (unpaired) electrons. The first-order valence-corrected chi connectivity index (χ1v) is 11.1. The van der Waals surface area contributed by atoms with Crippen LogP contribution in [0.2, 0.25) is 0 Å². The van der Waals surface area contributed by atoms with Crippen LogP contribution in [-0.2, 0) is 13.1 Å². The number of aromatic nitrogens is 5. The van der Waals surface area contributed by atoms with Crippen LogP contribution >= 0.6 is 0 Å². The van der Waals surface area contributed by atoms with Gasteiger partial charge in [-0.15, -0.1) is 0 Å². The zero-order valence-electron chi connectivity index (χ0n) is 19.1. The molecule has 0 aliphatic heterocycles. The summed E-state index contributed by atoms with van der Waals surface area (Å²) >= 11 is 0. The van der Waals surface area contributed by atoms with E-state index in [-0.39, 0.29) is 5.82 Å². The van der Waals surface area contributed by atoms with Crippen molar-refractivity contribution in [2.45, 2.75) is 20.0 Å². The Hall–Kier alpha value is -4.20. The van der Waals surface area contributed by atoms with E-state index in [1.54, 1.807) is 24.1 Å². The van der Waals surface area contributed by atoms with E-state index < -0.39 is 0 Å². The average Bonchev–Trinajstić information content (AvgIpc) is 3.48. The van der Waals surface area contributed by atoms with Crippen LogP contribution in [0.1, 0.15) is 11.3 Å². The lowest BCUT2D eigenvalue weighted by molar-refractivity contribution is 0.420. The zero-order chi connectivity index (χ0) is 23.5. The van der Waals surface area contributed by atoms with Gasteiger partial charge in [0.1, 0.15) is 23.7 Å². The minimum absolute atomic E-state index is 0.286. The number of benzene rings is 2. The van der Waals surface area contributed by atoms with Crippen LogP contribution in [0.3, 0.4) is 0 Å². The Balaban J connectivity index is 1.28. The average molecular weight is 457 g/mol. The molecule has 0 atom stereocenters. The molecule has 0 aliphatic carbocycles. The van der Waals surface area contributed by atoms with Crippen molar-refractivity contribution in [1.82, 2.24) is 24.3 Å². The first kappa shape index (κ1) is 21.6. The van der Waals surface area contributed by atoms with Crippen molar-refractivity contribution in [2.75, 3.05) is 19.0 Å². The topological polar surface area (TPSA) is 69.8 Å². The largest absolute Gasteiger partial charge is 0.496 e. The van der Waals surface area contributed by atoms with Gasteiger partial charge in [-0.3, -0.25) is 4.68 Å². The van der Waals surface area contributed by atoms with Crippen molar-refractivity contribution in [2.24, 2.45) is 0 Å². The second-order valence-corrected chi connectivity index (χ2v) is 8.06. The maximum Gasteiger partial charge on any atom is 0.130 e. The van der Waals surface area contributed by atoms with E-state index in [0.29, 0.717) is 35.7 Å². The summed E-state index contributed by atoms with van der Waals surface area (Å²) in [5, 5.41) is 8.60. The third-order valence-corrected chi connectivity index (χ3v) is 5.88. The molecule has 0 aliphatic rings. The molecule has 0 unspecified atom stereocenters. The van der Waals surface area contributed by atoms with E-state index in [0.717, 1.165) is 28.9 Å². The fourth-order valence-corrected chi connectivity index (χ4v) is 4.18. The SMILES string of the molecule is COc1cccc2c1cc(C)n2CCNc1cc(-c2ccc(Cn3cccn3)c(F)c2)ncn1. The fraction of sp³-hybridized carbons (Fsp3) is 0.192. The van der Waals surface area contributed by atoms with E-state index in [1.165, 1.54) is 12.4 Å². The number of anilines is 1. The van der Waals surface area contributed by atoms with E-state index in [2.05, 4.69) is 44.0 Å². The second-order valence-electron chi connectivity index (χ2n) is 8.06. The summed E-state index contributed by atoms with van der Waals surface area (Å²) in [5.41, 5.74) is 4.23. The number of rotatable bonds is 8. The Morgan fingerprint density at radius 1 is 1.06 bits per heavy atom. The standard InChI is InChI=1S/C26H25FN6O/c1-18-13-21-24(5-3-6-25(21)34-2)33(18)12-10-28-26-15-23(29-17-30-26)19-7-8-20(22(27)14-19)16-32-11-4-9-31-32/h3-9,11,13-15,17H,10,12,16H2,1-2H3,(H,28,29,30). The van der Waals surface area contributed by atoms with Crippen molar-refractivity contribution in [3.05, 3.63) is 90.4 Å². The Kier molecular flexibility index (Phi) is 5.95. The van der Waals surface area contributed by atoms with Gasteiger partial charge in [-0.25, -0.2) is 14.4 Å². The predicted octanol–water partition coefficient (Wildman–Crippen LogP) is 4.91. The van der Waals surface area contributed by atoms with Crippen molar-refractivity contribution in [3.63, 3.8) is 0 Å². The van der Waals surface area contributed by atoms with Gasteiger partial charge in [0.2, 0.25) is 0 Å². The molecule has 0 fully saturated rings. The number of methoxy groups -OCH3 is 1. The number of nitrogens with one attached hydrogen (secondary N) is 1. The van der Waals surface area contributed by atoms with Gasteiger partial charge in [-0.2, -0.15) is 5.10 Å². The molecule has 3 heterocycles. The normalized spacial score (nSPS) is 11.1. The smallest absolute Gasteiger partial charge is 0.130 e. The molecule has 0 saturated heterocycles. The van der Waals surface area contributed by atoms with Crippen LogP contribution in [-0.4, -0.2) is 38.0 Å². The van der Waals surface area contributed by atoms with Crippen molar-refractivity contribution in [3.8, 4) is 17.0 Å². The van der Waals surface area contributed by atoms with E-state index in [1.807, 2.05) is 36.5 Å². The van der Waals surface area contributed by atoms with Gasteiger partial charge in [0, 0.05) is 53.8 Å². The monoisotopic (exact) mass is 456 g/mol. The van der Waals surface area contributed by atoms with Gasteiger partial charge in [0.25, 0.3) is 0 Å². The van der Waals surface area contributed by atoms with Crippen LogP contribution in [0, 0.1) is 12.7 Å². The van der Waals surface area contributed by atoms with Crippen LogP contribution in [0.15, 0.2) is 73.3 Å². The van der Waals surface area contributed by atoms with Gasteiger partial charge >= 0.3 is 0 Å². The Morgan fingerprint density at radius 3 is 2.76 bits per heavy atom. The molecule has 2 aromatic carbocycles. The fourth-order valence-electron chi connectivity index (χ4n) is 4.18. The number of aryl methyl sites for hydroxylation is 1. The molecule has 0 saturated carbocycles. The zero-order valence-corrected chi connectivity index (χ0v) is 19.1. The maximum absolute atomic E-state index is 14.7. The number of halogens is 1. The molecule has 3 aromatic heterocycles. The maximum atomic E-state index is 14.7. The highest BCUT2D eigenvalue weighted by Gasteiger charge is 2.11. The lowest BCUT2D eigenvalue weighted by Crippen LogP contribution is -2.12. The van der Waals surface area contributed by atoms with Crippen molar-refractivity contribution < 1.29 is 9.13 Å². The highest BCUT2D eigenvalue weighted by molar-refractivity contribution is 5.87. The molecular weight excluding hydrogens is 431 g/mol. The quantitative estimate of drug-likeness (QED) is 0.359. The second kappa shape index (κ2) is 9.35. The van der Waals surface area contributed by atoms with Crippen molar-refractivity contribution >= 4 is 16.7 Å². The lowest BCUT2D eigenvalue weighted by Gasteiger charge is -2.11. The summed E-state index contributed by atoms with van der Waals surface area (Å²) < 4.78 is 24.1. The molecule has 7 nitrogen and oxygen atoms in total. The molecule has 5 rings (SSSR count). The molecule has 34 heavy (non-hydrogen) atoms. The van der Waals surface area contributed by atoms with Crippen LogP contribution in [0.25, 0.3) is 22.2 Å². The molecule has 1 N–H and O–H groups in total. The third kappa shape index (κ3) is 4.34. The highest BCUT2D eigenvalue weighted by Crippen LogP contribution is 2.28. The Bertz CT molecular complexity index is 1430.